The zero-order valence-corrected chi connectivity index (χ0v) is 7.66. The van der Waals surface area contributed by atoms with Gasteiger partial charge in [0.25, 0.3) is 0 Å². The van der Waals surface area contributed by atoms with Crippen molar-refractivity contribution in [2.45, 2.75) is 38.3 Å². The molecule has 0 spiro atoms. The molecular formula is C9H19NO2. The highest BCUT2D eigenvalue weighted by Crippen LogP contribution is 2.24. The highest BCUT2D eigenvalue weighted by atomic mass is 16.3. The first-order valence-electron chi connectivity index (χ1n) is 4.74. The lowest BCUT2D eigenvalue weighted by Crippen LogP contribution is -2.41. The molecule has 0 bridgehead atoms. The minimum atomic E-state index is -0.125. The second-order valence-corrected chi connectivity index (χ2v) is 3.84. The summed E-state index contributed by atoms with van der Waals surface area (Å²) in [6.45, 7) is 2.30. The largest absolute Gasteiger partial charge is 0.395 e. The summed E-state index contributed by atoms with van der Waals surface area (Å²) in [5.41, 5.74) is 0. The molecule has 3 N–H and O–H groups in total. The molecule has 0 aromatic heterocycles. The van der Waals surface area contributed by atoms with Gasteiger partial charge in [-0.05, 0) is 25.2 Å². The Morgan fingerprint density at radius 2 is 2.00 bits per heavy atom. The molecule has 2 atom stereocenters. The lowest BCUT2D eigenvalue weighted by Gasteiger charge is -2.18. The van der Waals surface area contributed by atoms with Crippen LogP contribution in [0.2, 0.25) is 0 Å². The molecule has 2 unspecified atom stereocenters. The van der Waals surface area contributed by atoms with E-state index < -0.39 is 0 Å². The van der Waals surface area contributed by atoms with E-state index in [1.54, 1.807) is 0 Å². The van der Waals surface area contributed by atoms with E-state index in [1.165, 1.54) is 19.3 Å². The van der Waals surface area contributed by atoms with Gasteiger partial charge in [-0.2, -0.15) is 0 Å². The summed E-state index contributed by atoms with van der Waals surface area (Å²) >= 11 is 0. The topological polar surface area (TPSA) is 52.5 Å². The van der Waals surface area contributed by atoms with Crippen molar-refractivity contribution >= 4 is 0 Å². The summed E-state index contributed by atoms with van der Waals surface area (Å²) in [5.74, 6) is 0.792. The third-order valence-corrected chi connectivity index (χ3v) is 2.61. The van der Waals surface area contributed by atoms with Gasteiger partial charge in [0.1, 0.15) is 0 Å². The van der Waals surface area contributed by atoms with Crippen LogP contribution >= 0.6 is 0 Å². The fourth-order valence-electron chi connectivity index (χ4n) is 1.85. The van der Waals surface area contributed by atoms with Crippen LogP contribution in [0.5, 0.6) is 0 Å². The molecule has 1 aliphatic rings. The average Bonchev–Trinajstić information content (AvgIpc) is 2.47. The molecule has 1 aliphatic carbocycles. The second-order valence-electron chi connectivity index (χ2n) is 3.84. The minimum absolute atomic E-state index is 0.0291. The summed E-state index contributed by atoms with van der Waals surface area (Å²) in [6, 6.07) is 0.379. The first-order valence-corrected chi connectivity index (χ1v) is 4.74. The van der Waals surface area contributed by atoms with Gasteiger partial charge in [-0.1, -0.05) is 6.92 Å². The molecule has 0 aromatic rings. The number of aliphatic hydroxyl groups excluding tert-OH is 2. The lowest BCUT2D eigenvalue weighted by molar-refractivity contribution is 0.161. The fourth-order valence-corrected chi connectivity index (χ4v) is 1.85. The van der Waals surface area contributed by atoms with Crippen LogP contribution < -0.4 is 5.32 Å². The van der Waals surface area contributed by atoms with Crippen LogP contribution in [0.25, 0.3) is 0 Å². The average molecular weight is 173 g/mol. The van der Waals surface area contributed by atoms with Gasteiger partial charge < -0.3 is 15.5 Å². The Hall–Kier alpha value is -0.120. The maximum atomic E-state index is 8.83. The second kappa shape index (κ2) is 4.80. The molecule has 0 amide bonds. The van der Waals surface area contributed by atoms with Crippen molar-refractivity contribution < 1.29 is 10.2 Å². The van der Waals surface area contributed by atoms with Crippen LogP contribution in [-0.2, 0) is 0 Å². The van der Waals surface area contributed by atoms with Gasteiger partial charge in [-0.15, -0.1) is 0 Å². The zero-order chi connectivity index (χ0) is 8.97. The number of nitrogens with one attached hydrogen (secondary N) is 1. The molecule has 1 rings (SSSR count). The van der Waals surface area contributed by atoms with Gasteiger partial charge in [0, 0.05) is 6.04 Å². The Balaban J connectivity index is 2.21. The van der Waals surface area contributed by atoms with E-state index in [9.17, 15) is 0 Å². The monoisotopic (exact) mass is 173 g/mol. The Morgan fingerprint density at radius 3 is 2.42 bits per heavy atom. The molecule has 12 heavy (non-hydrogen) atoms. The number of hydrogen-bond acceptors (Lipinski definition) is 3. The molecular weight excluding hydrogens is 154 g/mol. The van der Waals surface area contributed by atoms with E-state index >= 15 is 0 Å². The fraction of sp³-hybridized carbons (Fsp3) is 1.00. The van der Waals surface area contributed by atoms with Crippen molar-refractivity contribution in [3.05, 3.63) is 0 Å². The van der Waals surface area contributed by atoms with Gasteiger partial charge in [0.05, 0.1) is 19.3 Å². The highest BCUT2D eigenvalue weighted by Gasteiger charge is 2.22. The molecule has 3 nitrogen and oxygen atoms in total. The van der Waals surface area contributed by atoms with Crippen LogP contribution in [0.15, 0.2) is 0 Å². The maximum absolute atomic E-state index is 8.83. The van der Waals surface area contributed by atoms with E-state index in [-0.39, 0.29) is 19.3 Å². The normalized spacial score (nSPS) is 30.0. The van der Waals surface area contributed by atoms with E-state index in [1.807, 2.05) is 0 Å². The van der Waals surface area contributed by atoms with Crippen molar-refractivity contribution in [1.29, 1.82) is 0 Å². The highest BCUT2D eigenvalue weighted by molar-refractivity contribution is 4.81. The molecule has 0 radical (unpaired) electrons. The Labute approximate surface area is 73.8 Å². The van der Waals surface area contributed by atoms with Crippen molar-refractivity contribution in [1.82, 2.24) is 5.32 Å². The van der Waals surface area contributed by atoms with Crippen LogP contribution in [0, 0.1) is 5.92 Å². The Bertz CT molecular complexity index is 126. The predicted octanol–water partition coefficient (Wildman–Crippen LogP) is 0.118. The smallest absolute Gasteiger partial charge is 0.0607 e. The predicted molar refractivity (Wildman–Crippen MR) is 47.9 cm³/mol. The van der Waals surface area contributed by atoms with E-state index in [0.29, 0.717) is 6.04 Å². The van der Waals surface area contributed by atoms with Gasteiger partial charge >= 0.3 is 0 Å². The summed E-state index contributed by atoms with van der Waals surface area (Å²) < 4.78 is 0. The van der Waals surface area contributed by atoms with Crippen molar-refractivity contribution in [2.75, 3.05) is 13.2 Å². The summed E-state index contributed by atoms with van der Waals surface area (Å²) in [7, 11) is 0. The minimum Gasteiger partial charge on any atom is -0.395 e. The first kappa shape index (κ1) is 9.96. The van der Waals surface area contributed by atoms with Crippen LogP contribution in [0.3, 0.4) is 0 Å². The third kappa shape index (κ3) is 2.73. The van der Waals surface area contributed by atoms with Crippen LogP contribution in [-0.4, -0.2) is 35.5 Å². The quantitative estimate of drug-likeness (QED) is 0.566. The Kier molecular flexibility index (Phi) is 3.98. The standard InChI is InChI=1S/C9H19NO2/c1-7-2-3-8(4-7)10-9(5-11)6-12/h7-12H,2-6H2,1H3. The number of hydrogen-bond donors (Lipinski definition) is 3. The van der Waals surface area contributed by atoms with Gasteiger partial charge in [0.2, 0.25) is 0 Å². The van der Waals surface area contributed by atoms with E-state index in [0.717, 1.165) is 5.92 Å². The van der Waals surface area contributed by atoms with Crippen molar-refractivity contribution in [2.24, 2.45) is 5.92 Å². The van der Waals surface area contributed by atoms with Crippen molar-refractivity contribution in [3.63, 3.8) is 0 Å². The molecule has 0 heterocycles. The summed E-state index contributed by atoms with van der Waals surface area (Å²) in [5, 5.41) is 20.9. The lowest BCUT2D eigenvalue weighted by atomic mass is 10.1. The zero-order valence-electron chi connectivity index (χ0n) is 7.66. The number of aliphatic hydroxyl groups is 2. The molecule has 1 fully saturated rings. The van der Waals surface area contributed by atoms with Gasteiger partial charge in [-0.25, -0.2) is 0 Å². The van der Waals surface area contributed by atoms with E-state index in [2.05, 4.69) is 12.2 Å². The Morgan fingerprint density at radius 1 is 1.33 bits per heavy atom. The van der Waals surface area contributed by atoms with Crippen molar-refractivity contribution in [3.8, 4) is 0 Å². The third-order valence-electron chi connectivity index (χ3n) is 2.61. The van der Waals surface area contributed by atoms with Crippen LogP contribution in [0.4, 0.5) is 0 Å². The molecule has 0 aliphatic heterocycles. The molecule has 3 heteroatoms. The molecule has 0 aromatic carbocycles. The van der Waals surface area contributed by atoms with Crippen LogP contribution in [0.1, 0.15) is 26.2 Å². The molecule has 72 valence electrons. The SMILES string of the molecule is CC1CCC(NC(CO)CO)C1. The summed E-state index contributed by atoms with van der Waals surface area (Å²) in [6.07, 6.45) is 3.62. The first-order chi connectivity index (χ1) is 5.76. The van der Waals surface area contributed by atoms with E-state index in [4.69, 9.17) is 10.2 Å². The molecule has 0 saturated heterocycles. The number of rotatable bonds is 4. The van der Waals surface area contributed by atoms with Gasteiger partial charge in [-0.3, -0.25) is 0 Å². The van der Waals surface area contributed by atoms with Gasteiger partial charge in [0.15, 0.2) is 0 Å². The molecule has 1 saturated carbocycles. The summed E-state index contributed by atoms with van der Waals surface area (Å²) in [4.78, 5) is 0. The maximum Gasteiger partial charge on any atom is 0.0607 e.